The van der Waals surface area contributed by atoms with E-state index in [4.69, 9.17) is 0 Å². The molecular weight excluding hydrogens is 392 g/mol. The summed E-state index contributed by atoms with van der Waals surface area (Å²) in [6.07, 6.45) is 1.59. The Morgan fingerprint density at radius 2 is 1.66 bits per heavy atom. The summed E-state index contributed by atoms with van der Waals surface area (Å²) in [7, 11) is -4.16. The third-order valence-corrected chi connectivity index (χ3v) is 7.29. The summed E-state index contributed by atoms with van der Waals surface area (Å²) in [5.74, 6) is -1.64. The molecule has 2 atom stereocenters. The highest BCUT2D eigenvalue weighted by Gasteiger charge is 2.53. The van der Waals surface area contributed by atoms with E-state index in [2.05, 4.69) is 0 Å². The quantitative estimate of drug-likeness (QED) is 0.809. The Hall–Kier alpha value is -2.71. The Balaban J connectivity index is 1.84. The highest BCUT2D eigenvalue weighted by molar-refractivity contribution is 7.89. The number of hydrogen-bond donors (Lipinski definition) is 1. The number of hydrogen-bond acceptors (Lipinski definition) is 4. The fourth-order valence-corrected chi connectivity index (χ4v) is 5.45. The first-order chi connectivity index (χ1) is 13.8. The SMILES string of the molecule is Cc1ccc([C@@H]2[C@@H](C(=O)O)N(S(=O)(=O)c3ccccc3)CC(=O)N2C2CC2)cc1. The van der Waals surface area contributed by atoms with Crippen LogP contribution < -0.4 is 0 Å². The van der Waals surface area contributed by atoms with Gasteiger partial charge in [0.05, 0.1) is 17.5 Å². The van der Waals surface area contributed by atoms with Gasteiger partial charge < -0.3 is 10.0 Å². The van der Waals surface area contributed by atoms with Gasteiger partial charge in [-0.25, -0.2) is 8.42 Å². The van der Waals surface area contributed by atoms with Crippen LogP contribution in [-0.4, -0.2) is 53.2 Å². The zero-order chi connectivity index (χ0) is 20.8. The topological polar surface area (TPSA) is 95.0 Å². The van der Waals surface area contributed by atoms with E-state index in [1.807, 2.05) is 19.1 Å². The molecule has 29 heavy (non-hydrogen) atoms. The van der Waals surface area contributed by atoms with Crippen molar-refractivity contribution in [2.24, 2.45) is 0 Å². The number of carbonyl (C=O) groups excluding carboxylic acids is 1. The van der Waals surface area contributed by atoms with Crippen LogP contribution in [0.3, 0.4) is 0 Å². The molecule has 0 spiro atoms. The first kappa shape index (κ1) is 19.6. The van der Waals surface area contributed by atoms with E-state index in [9.17, 15) is 23.1 Å². The minimum atomic E-state index is -4.16. The normalized spacial score (nSPS) is 23.2. The van der Waals surface area contributed by atoms with Crippen molar-refractivity contribution in [2.75, 3.05) is 6.54 Å². The molecule has 0 radical (unpaired) electrons. The molecule has 1 heterocycles. The van der Waals surface area contributed by atoms with Gasteiger partial charge >= 0.3 is 5.97 Å². The van der Waals surface area contributed by atoms with Crippen LogP contribution in [0.15, 0.2) is 59.5 Å². The highest BCUT2D eigenvalue weighted by Crippen LogP contribution is 2.42. The molecule has 2 aromatic rings. The molecule has 2 fully saturated rings. The summed E-state index contributed by atoms with van der Waals surface area (Å²) in [4.78, 5) is 26.9. The van der Waals surface area contributed by atoms with Crippen LogP contribution in [0.5, 0.6) is 0 Å². The van der Waals surface area contributed by atoms with Crippen molar-refractivity contribution in [3.8, 4) is 0 Å². The van der Waals surface area contributed by atoms with Gasteiger partial charge in [-0.15, -0.1) is 0 Å². The lowest BCUT2D eigenvalue weighted by Crippen LogP contribution is -2.62. The van der Waals surface area contributed by atoms with E-state index < -0.39 is 34.6 Å². The molecule has 0 unspecified atom stereocenters. The number of carboxylic acids is 1. The van der Waals surface area contributed by atoms with Gasteiger partial charge in [-0.3, -0.25) is 9.59 Å². The van der Waals surface area contributed by atoms with E-state index in [0.29, 0.717) is 5.56 Å². The molecule has 7 nitrogen and oxygen atoms in total. The molecule has 4 rings (SSSR count). The highest BCUT2D eigenvalue weighted by atomic mass is 32.2. The fraction of sp³-hybridized carbons (Fsp3) is 0.333. The molecule has 152 valence electrons. The number of rotatable bonds is 5. The molecule has 0 bridgehead atoms. The van der Waals surface area contributed by atoms with Gasteiger partial charge in [0.25, 0.3) is 0 Å². The Morgan fingerprint density at radius 3 is 2.21 bits per heavy atom. The lowest BCUT2D eigenvalue weighted by atomic mass is 9.94. The summed E-state index contributed by atoms with van der Waals surface area (Å²) >= 11 is 0. The largest absolute Gasteiger partial charge is 0.480 e. The molecule has 1 N–H and O–H groups in total. The van der Waals surface area contributed by atoms with Crippen molar-refractivity contribution in [1.29, 1.82) is 0 Å². The number of carbonyl (C=O) groups is 2. The molecule has 1 saturated heterocycles. The molecule has 1 amide bonds. The minimum absolute atomic E-state index is 0.0263. The number of carboxylic acid groups (broad SMARTS) is 1. The van der Waals surface area contributed by atoms with E-state index in [0.717, 1.165) is 22.7 Å². The first-order valence-corrected chi connectivity index (χ1v) is 10.9. The monoisotopic (exact) mass is 414 g/mol. The number of nitrogens with zero attached hydrogens (tertiary/aromatic N) is 2. The van der Waals surface area contributed by atoms with E-state index in [1.54, 1.807) is 35.2 Å². The Morgan fingerprint density at radius 1 is 1.03 bits per heavy atom. The van der Waals surface area contributed by atoms with Crippen LogP contribution in [-0.2, 0) is 19.6 Å². The van der Waals surface area contributed by atoms with E-state index in [1.165, 1.54) is 12.1 Å². The van der Waals surface area contributed by atoms with Gasteiger partial charge in [-0.05, 0) is 37.5 Å². The summed E-state index contributed by atoms with van der Waals surface area (Å²) < 4.78 is 27.4. The van der Waals surface area contributed by atoms with Gasteiger partial charge in [-0.1, -0.05) is 48.0 Å². The molecule has 1 aliphatic heterocycles. The molecule has 1 saturated carbocycles. The standard InChI is InChI=1S/C21H22N2O5S/c1-14-7-9-15(10-8-14)19-20(21(25)26)22(13-18(24)23(19)16-11-12-16)29(27,28)17-5-3-2-4-6-17/h2-10,16,19-20H,11-13H2,1H3,(H,25,26)/t19-,20+/m1/s1. The lowest BCUT2D eigenvalue weighted by molar-refractivity contribution is -0.153. The second kappa shape index (κ2) is 7.27. The van der Waals surface area contributed by atoms with Crippen LogP contribution in [0.25, 0.3) is 0 Å². The van der Waals surface area contributed by atoms with Gasteiger partial charge in [-0.2, -0.15) is 4.31 Å². The average molecular weight is 414 g/mol. The predicted octanol–water partition coefficient (Wildman–Crippen LogP) is 2.18. The Kier molecular flexibility index (Phi) is 4.92. The van der Waals surface area contributed by atoms with Crippen molar-refractivity contribution in [1.82, 2.24) is 9.21 Å². The van der Waals surface area contributed by atoms with Crippen molar-refractivity contribution in [3.63, 3.8) is 0 Å². The number of sulfonamides is 1. The van der Waals surface area contributed by atoms with Crippen molar-refractivity contribution >= 4 is 21.9 Å². The van der Waals surface area contributed by atoms with Gasteiger partial charge in [0.15, 0.2) is 0 Å². The second-order valence-electron chi connectivity index (χ2n) is 7.53. The maximum Gasteiger partial charge on any atom is 0.324 e. The van der Waals surface area contributed by atoms with Gasteiger partial charge in [0.1, 0.15) is 6.04 Å². The fourth-order valence-electron chi connectivity index (χ4n) is 3.89. The number of aryl methyl sites for hydroxylation is 1. The summed E-state index contributed by atoms with van der Waals surface area (Å²) in [5.41, 5.74) is 1.62. The maximum atomic E-state index is 13.3. The van der Waals surface area contributed by atoms with Crippen LogP contribution in [0.4, 0.5) is 0 Å². The lowest BCUT2D eigenvalue weighted by Gasteiger charge is -2.45. The number of amides is 1. The maximum absolute atomic E-state index is 13.3. The second-order valence-corrected chi connectivity index (χ2v) is 9.42. The van der Waals surface area contributed by atoms with Crippen molar-refractivity contribution in [3.05, 3.63) is 65.7 Å². The average Bonchev–Trinajstić information content (AvgIpc) is 3.53. The minimum Gasteiger partial charge on any atom is -0.480 e. The summed E-state index contributed by atoms with van der Waals surface area (Å²) in [5, 5.41) is 10.1. The smallest absolute Gasteiger partial charge is 0.324 e. The number of aliphatic carboxylic acids is 1. The summed E-state index contributed by atoms with van der Waals surface area (Å²) in [6, 6.07) is 12.6. The Bertz CT molecular complexity index is 1030. The number of piperazine rings is 1. The third kappa shape index (κ3) is 3.54. The molecule has 2 aromatic carbocycles. The van der Waals surface area contributed by atoms with Gasteiger partial charge in [0, 0.05) is 6.04 Å². The van der Waals surface area contributed by atoms with Crippen LogP contribution in [0, 0.1) is 6.92 Å². The Labute approximate surface area is 169 Å². The molecule has 1 aliphatic carbocycles. The van der Waals surface area contributed by atoms with Crippen LogP contribution in [0.1, 0.15) is 30.0 Å². The zero-order valence-corrected chi connectivity index (χ0v) is 16.7. The van der Waals surface area contributed by atoms with Gasteiger partial charge in [0.2, 0.25) is 15.9 Å². The molecule has 8 heteroatoms. The summed E-state index contributed by atoms with van der Waals surface area (Å²) in [6.45, 7) is 1.43. The van der Waals surface area contributed by atoms with E-state index >= 15 is 0 Å². The third-order valence-electron chi connectivity index (χ3n) is 5.45. The van der Waals surface area contributed by atoms with Crippen molar-refractivity contribution in [2.45, 2.75) is 42.8 Å². The molecular formula is C21H22N2O5S. The van der Waals surface area contributed by atoms with Crippen molar-refractivity contribution < 1.29 is 23.1 Å². The van der Waals surface area contributed by atoms with E-state index in [-0.39, 0.29) is 16.8 Å². The predicted molar refractivity (Wildman–Crippen MR) is 106 cm³/mol. The zero-order valence-electron chi connectivity index (χ0n) is 15.9. The van der Waals surface area contributed by atoms with Crippen LogP contribution >= 0.6 is 0 Å². The number of benzene rings is 2. The first-order valence-electron chi connectivity index (χ1n) is 9.48. The molecule has 2 aliphatic rings. The van der Waals surface area contributed by atoms with Crippen LogP contribution in [0.2, 0.25) is 0 Å². The molecule has 0 aromatic heterocycles.